The van der Waals surface area contributed by atoms with Crippen LogP contribution < -0.4 is 0 Å². The van der Waals surface area contributed by atoms with Crippen LogP contribution in [0.15, 0.2) is 54.6 Å². The van der Waals surface area contributed by atoms with Crippen LogP contribution in [0.1, 0.15) is 55.0 Å². The van der Waals surface area contributed by atoms with Crippen LogP contribution in [-0.4, -0.2) is 38.5 Å². The minimum absolute atomic E-state index is 0.0756. The van der Waals surface area contributed by atoms with E-state index in [1.807, 2.05) is 12.1 Å². The molecule has 176 valence electrons. The average Bonchev–Trinajstić information content (AvgIpc) is 3.15. The monoisotopic (exact) mass is 461 g/mol. The highest BCUT2D eigenvalue weighted by atomic mass is 19.1. The van der Waals surface area contributed by atoms with E-state index < -0.39 is 24.6 Å². The van der Waals surface area contributed by atoms with Gasteiger partial charge in [0.05, 0.1) is 30.0 Å². The Bertz CT molecular complexity index is 1230. The molecule has 0 fully saturated rings. The van der Waals surface area contributed by atoms with Crippen LogP contribution in [0.4, 0.5) is 4.39 Å². The second-order valence-electron chi connectivity index (χ2n) is 9.02. The molecule has 1 aliphatic rings. The van der Waals surface area contributed by atoms with Crippen molar-refractivity contribution in [2.75, 3.05) is 0 Å². The summed E-state index contributed by atoms with van der Waals surface area (Å²) in [5.41, 5.74) is 7.74. The molecule has 6 heteroatoms. The largest absolute Gasteiger partial charge is 0.481 e. The molecule has 0 spiro atoms. The number of carboxylic acids is 1. The fourth-order valence-corrected chi connectivity index (χ4v) is 4.55. The molecular weight excluding hydrogens is 433 g/mol. The van der Waals surface area contributed by atoms with E-state index in [1.165, 1.54) is 17.7 Å². The smallest absolute Gasteiger partial charge is 0.305 e. The van der Waals surface area contributed by atoms with Crippen molar-refractivity contribution in [2.24, 2.45) is 0 Å². The molecule has 34 heavy (non-hydrogen) atoms. The number of benzene rings is 2. The fraction of sp³-hybridized carbons (Fsp3) is 0.286. The van der Waals surface area contributed by atoms with E-state index in [-0.39, 0.29) is 18.2 Å². The zero-order valence-corrected chi connectivity index (χ0v) is 19.2. The first-order valence-corrected chi connectivity index (χ1v) is 11.4. The van der Waals surface area contributed by atoms with Crippen molar-refractivity contribution < 1.29 is 24.5 Å². The first-order chi connectivity index (χ1) is 16.2. The second kappa shape index (κ2) is 9.87. The van der Waals surface area contributed by atoms with Crippen LogP contribution in [0.25, 0.3) is 28.5 Å². The topological polar surface area (TPSA) is 90.7 Å². The summed E-state index contributed by atoms with van der Waals surface area (Å²) >= 11 is 0. The van der Waals surface area contributed by atoms with Gasteiger partial charge in [-0.15, -0.1) is 0 Å². The molecule has 0 radical (unpaired) electrons. The molecule has 0 bridgehead atoms. The van der Waals surface area contributed by atoms with E-state index >= 15 is 0 Å². The lowest BCUT2D eigenvalue weighted by Gasteiger charge is -2.19. The average molecular weight is 462 g/mol. The van der Waals surface area contributed by atoms with Crippen molar-refractivity contribution in [3.8, 4) is 22.4 Å². The van der Waals surface area contributed by atoms with Gasteiger partial charge in [-0.2, -0.15) is 0 Å². The van der Waals surface area contributed by atoms with E-state index in [0.29, 0.717) is 6.42 Å². The molecule has 2 aromatic carbocycles. The van der Waals surface area contributed by atoms with Gasteiger partial charge in [0.2, 0.25) is 0 Å². The van der Waals surface area contributed by atoms with Gasteiger partial charge in [-0.05, 0) is 40.3 Å². The molecule has 3 N–H and O–H groups in total. The molecule has 2 atom stereocenters. The predicted molar refractivity (Wildman–Crippen MR) is 130 cm³/mol. The lowest BCUT2D eigenvalue weighted by molar-refractivity contribution is -0.139. The van der Waals surface area contributed by atoms with Crippen molar-refractivity contribution in [2.45, 2.75) is 51.2 Å². The summed E-state index contributed by atoms with van der Waals surface area (Å²) < 4.78 is 13.7. The molecular formula is C28H28FNO4. The van der Waals surface area contributed by atoms with Crippen molar-refractivity contribution >= 4 is 12.0 Å². The van der Waals surface area contributed by atoms with Gasteiger partial charge in [0.1, 0.15) is 5.82 Å². The summed E-state index contributed by atoms with van der Waals surface area (Å²) in [5.74, 6) is -1.36. The molecule has 0 amide bonds. The molecule has 0 saturated carbocycles. The Morgan fingerprint density at radius 1 is 1.12 bits per heavy atom. The molecule has 4 rings (SSSR count). The Balaban J connectivity index is 1.84. The van der Waals surface area contributed by atoms with Crippen molar-refractivity contribution in [1.29, 1.82) is 0 Å². The zero-order chi connectivity index (χ0) is 24.4. The van der Waals surface area contributed by atoms with Crippen LogP contribution in [0.5, 0.6) is 0 Å². The highest BCUT2D eigenvalue weighted by Gasteiger charge is 2.27. The summed E-state index contributed by atoms with van der Waals surface area (Å²) in [4.78, 5) is 15.9. The zero-order valence-electron chi connectivity index (χ0n) is 19.2. The summed E-state index contributed by atoms with van der Waals surface area (Å²) in [5, 5.41) is 29.2. The lowest BCUT2D eigenvalue weighted by Crippen LogP contribution is -2.19. The minimum Gasteiger partial charge on any atom is -0.481 e. The number of aliphatic hydroxyl groups excluding tert-OH is 2. The Hall–Kier alpha value is -3.35. The number of aliphatic hydroxyl groups is 2. The normalized spacial score (nSPS) is 14.3. The third kappa shape index (κ3) is 4.93. The van der Waals surface area contributed by atoms with Gasteiger partial charge in [-0.1, -0.05) is 62.4 Å². The van der Waals surface area contributed by atoms with Crippen LogP contribution in [0.2, 0.25) is 0 Å². The van der Waals surface area contributed by atoms with Gasteiger partial charge < -0.3 is 15.3 Å². The van der Waals surface area contributed by atoms with Crippen molar-refractivity contribution in [3.63, 3.8) is 0 Å². The molecule has 0 aliphatic heterocycles. The first-order valence-electron chi connectivity index (χ1n) is 11.4. The standard InChI is InChI=1S/C28H28FNO4/c1-16(2)27-23(12-11-20(31)14-21(32)15-25(33)34)26(17-7-9-19(29)10-8-17)24-13-18-5-3-4-6-22(18)28(24)30-27/h3-12,16,20-21,31-32H,13-15H2,1-2H3,(H,33,34)/b12-11+/t20-,21-/m1/s1. The third-order valence-electron chi connectivity index (χ3n) is 6.09. The number of nitrogens with zero attached hydrogens (tertiary/aromatic N) is 1. The maximum atomic E-state index is 13.7. The molecule has 5 nitrogen and oxygen atoms in total. The number of aliphatic carboxylic acids is 1. The Morgan fingerprint density at radius 3 is 2.50 bits per heavy atom. The van der Waals surface area contributed by atoms with E-state index in [9.17, 15) is 19.4 Å². The van der Waals surface area contributed by atoms with Gasteiger partial charge >= 0.3 is 5.97 Å². The number of carbonyl (C=O) groups is 1. The maximum Gasteiger partial charge on any atom is 0.305 e. The highest BCUT2D eigenvalue weighted by Crippen LogP contribution is 2.44. The molecule has 0 saturated heterocycles. The van der Waals surface area contributed by atoms with E-state index in [1.54, 1.807) is 24.3 Å². The molecule has 0 unspecified atom stereocenters. The predicted octanol–water partition coefficient (Wildman–Crippen LogP) is 5.18. The van der Waals surface area contributed by atoms with Crippen molar-refractivity contribution in [3.05, 3.63) is 82.8 Å². The summed E-state index contributed by atoms with van der Waals surface area (Å²) in [6.07, 6.45) is 1.37. The van der Waals surface area contributed by atoms with Crippen molar-refractivity contribution in [1.82, 2.24) is 4.98 Å². The van der Waals surface area contributed by atoms with Crippen LogP contribution in [0, 0.1) is 5.82 Å². The van der Waals surface area contributed by atoms with E-state index in [0.717, 1.165) is 39.2 Å². The van der Waals surface area contributed by atoms with Gasteiger partial charge in [-0.25, -0.2) is 4.39 Å². The number of fused-ring (bicyclic) bond motifs is 3. The lowest BCUT2D eigenvalue weighted by atomic mass is 9.89. The SMILES string of the molecule is CC(C)c1nc2c(c(-c3ccc(F)cc3)c1/C=C/[C@@H](O)C[C@@H](O)CC(=O)O)Cc1ccccc1-2. The van der Waals surface area contributed by atoms with Crippen LogP contribution >= 0.6 is 0 Å². The molecule has 1 aromatic heterocycles. The minimum atomic E-state index is -1.15. The number of pyridine rings is 1. The van der Waals surface area contributed by atoms with Crippen LogP contribution in [-0.2, 0) is 11.2 Å². The Morgan fingerprint density at radius 2 is 1.82 bits per heavy atom. The molecule has 1 aliphatic carbocycles. The summed E-state index contributed by atoms with van der Waals surface area (Å²) in [6, 6.07) is 14.5. The van der Waals surface area contributed by atoms with E-state index in [4.69, 9.17) is 10.1 Å². The van der Waals surface area contributed by atoms with E-state index in [2.05, 4.69) is 26.0 Å². The maximum absolute atomic E-state index is 13.7. The summed E-state index contributed by atoms with van der Waals surface area (Å²) in [6.45, 7) is 4.10. The summed E-state index contributed by atoms with van der Waals surface area (Å²) in [7, 11) is 0. The number of aromatic nitrogens is 1. The molecule has 1 heterocycles. The quantitative estimate of drug-likeness (QED) is 0.336. The Labute approximate surface area is 198 Å². The first kappa shape index (κ1) is 23.8. The molecule has 3 aromatic rings. The fourth-order valence-electron chi connectivity index (χ4n) is 4.55. The van der Waals surface area contributed by atoms with Crippen LogP contribution in [0.3, 0.4) is 0 Å². The number of halogens is 1. The van der Waals surface area contributed by atoms with Gasteiger partial charge in [0, 0.05) is 24.0 Å². The third-order valence-corrected chi connectivity index (χ3v) is 6.09. The number of hydrogen-bond donors (Lipinski definition) is 3. The number of hydrogen-bond acceptors (Lipinski definition) is 4. The number of carboxylic acid groups (broad SMARTS) is 1. The van der Waals surface area contributed by atoms with Gasteiger partial charge in [0.25, 0.3) is 0 Å². The Kier molecular flexibility index (Phi) is 6.91. The number of rotatable bonds is 8. The van der Waals surface area contributed by atoms with Gasteiger partial charge in [-0.3, -0.25) is 9.78 Å². The second-order valence-corrected chi connectivity index (χ2v) is 9.02. The highest BCUT2D eigenvalue weighted by molar-refractivity contribution is 5.88. The van der Waals surface area contributed by atoms with Gasteiger partial charge in [0.15, 0.2) is 0 Å².